The number of rotatable bonds is 5. The summed E-state index contributed by atoms with van der Waals surface area (Å²) in [5, 5.41) is 0. The normalized spacial score (nSPS) is 10.9. The van der Waals surface area contributed by atoms with Crippen LogP contribution in [-0.4, -0.2) is 20.5 Å². The first-order valence-electron chi connectivity index (χ1n) is 5.65. The van der Waals surface area contributed by atoms with Gasteiger partial charge in [0.25, 0.3) is 10.0 Å². The lowest BCUT2D eigenvalue weighted by Gasteiger charge is -2.10. The highest BCUT2D eigenvalue weighted by atomic mass is 32.2. The summed E-state index contributed by atoms with van der Waals surface area (Å²) in [4.78, 5) is 3.92. The molecule has 7 nitrogen and oxygen atoms in total. The van der Waals surface area contributed by atoms with Crippen LogP contribution in [0.5, 0.6) is 5.75 Å². The largest absolute Gasteiger partial charge is 0.497 e. The molecule has 0 unspecified atom stereocenters. The van der Waals surface area contributed by atoms with Gasteiger partial charge >= 0.3 is 0 Å². The van der Waals surface area contributed by atoms with Crippen LogP contribution < -0.4 is 20.7 Å². The molecule has 1 heterocycles. The lowest BCUT2D eigenvalue weighted by molar-refractivity contribution is 0.415. The van der Waals surface area contributed by atoms with Gasteiger partial charge in [0, 0.05) is 18.3 Å². The van der Waals surface area contributed by atoms with Crippen molar-refractivity contribution in [1.82, 2.24) is 4.98 Å². The zero-order valence-corrected chi connectivity index (χ0v) is 11.5. The summed E-state index contributed by atoms with van der Waals surface area (Å²) >= 11 is 0. The molecular formula is C12H14N4O3S. The number of nitrogens with zero attached hydrogens (tertiary/aromatic N) is 1. The van der Waals surface area contributed by atoms with Crippen molar-refractivity contribution in [1.29, 1.82) is 0 Å². The first-order valence-corrected chi connectivity index (χ1v) is 7.13. The number of anilines is 2. The molecule has 8 heteroatoms. The van der Waals surface area contributed by atoms with Gasteiger partial charge in [0.2, 0.25) is 0 Å². The van der Waals surface area contributed by atoms with Crippen molar-refractivity contribution in [2.75, 3.05) is 17.3 Å². The lowest BCUT2D eigenvalue weighted by Crippen LogP contribution is -2.15. The number of nitrogens with two attached hydrogens (primary N) is 1. The maximum atomic E-state index is 12.2. The third kappa shape index (κ3) is 3.16. The van der Waals surface area contributed by atoms with Gasteiger partial charge in [-0.1, -0.05) is 6.07 Å². The Kier molecular flexibility index (Phi) is 4.06. The fourth-order valence-corrected chi connectivity index (χ4v) is 2.62. The van der Waals surface area contributed by atoms with Crippen molar-refractivity contribution >= 4 is 21.5 Å². The van der Waals surface area contributed by atoms with E-state index >= 15 is 0 Å². The molecular weight excluding hydrogens is 280 g/mol. The van der Waals surface area contributed by atoms with Crippen molar-refractivity contribution < 1.29 is 13.2 Å². The standard InChI is InChI=1S/C12H14N4O3S/c1-19-10-4-2-3-9(7-10)16-20(17,18)11-5-6-14-12(8-11)15-13/h2-8,16H,13H2,1H3,(H,14,15). The molecule has 4 N–H and O–H groups in total. The number of hydrogen-bond donors (Lipinski definition) is 3. The average molecular weight is 294 g/mol. The molecule has 0 aliphatic carbocycles. The summed E-state index contributed by atoms with van der Waals surface area (Å²) in [5.74, 6) is 6.03. The number of methoxy groups -OCH3 is 1. The number of nitrogen functional groups attached to an aromatic ring is 1. The van der Waals surface area contributed by atoms with Crippen LogP contribution >= 0.6 is 0 Å². The zero-order chi connectivity index (χ0) is 14.6. The third-order valence-corrected chi connectivity index (χ3v) is 3.89. The maximum Gasteiger partial charge on any atom is 0.262 e. The fraction of sp³-hybridized carbons (Fsp3) is 0.0833. The molecule has 0 radical (unpaired) electrons. The number of hydrazine groups is 1. The highest BCUT2D eigenvalue weighted by molar-refractivity contribution is 7.92. The molecule has 0 spiro atoms. The van der Waals surface area contributed by atoms with Gasteiger partial charge in [-0.2, -0.15) is 0 Å². The number of hydrogen-bond acceptors (Lipinski definition) is 6. The summed E-state index contributed by atoms with van der Waals surface area (Å²) in [6.45, 7) is 0. The molecule has 20 heavy (non-hydrogen) atoms. The zero-order valence-electron chi connectivity index (χ0n) is 10.7. The van der Waals surface area contributed by atoms with Gasteiger partial charge in [-0.25, -0.2) is 19.2 Å². The summed E-state index contributed by atoms with van der Waals surface area (Å²) in [5.41, 5.74) is 2.70. The van der Waals surface area contributed by atoms with Gasteiger partial charge < -0.3 is 10.2 Å². The number of pyridine rings is 1. The second-order valence-corrected chi connectivity index (χ2v) is 5.54. The molecule has 2 rings (SSSR count). The highest BCUT2D eigenvalue weighted by Gasteiger charge is 2.15. The monoisotopic (exact) mass is 294 g/mol. The first-order chi connectivity index (χ1) is 9.55. The van der Waals surface area contributed by atoms with Crippen LogP contribution in [0.3, 0.4) is 0 Å². The Morgan fingerprint density at radius 2 is 2.05 bits per heavy atom. The number of sulfonamides is 1. The Bertz CT molecular complexity index is 703. The molecule has 0 fully saturated rings. The minimum atomic E-state index is -3.71. The molecule has 0 atom stereocenters. The molecule has 0 saturated heterocycles. The SMILES string of the molecule is COc1cccc(NS(=O)(=O)c2ccnc(NN)c2)c1. The predicted molar refractivity (Wildman–Crippen MR) is 75.8 cm³/mol. The number of benzene rings is 1. The van der Waals surface area contributed by atoms with E-state index in [1.54, 1.807) is 24.3 Å². The van der Waals surface area contributed by atoms with E-state index in [0.717, 1.165) is 0 Å². The van der Waals surface area contributed by atoms with E-state index in [2.05, 4.69) is 15.1 Å². The molecule has 0 aliphatic rings. The number of ether oxygens (including phenoxy) is 1. The minimum Gasteiger partial charge on any atom is -0.497 e. The molecule has 2 aromatic rings. The van der Waals surface area contributed by atoms with Crippen LogP contribution in [-0.2, 0) is 10.0 Å². The van der Waals surface area contributed by atoms with Crippen LogP contribution in [0.2, 0.25) is 0 Å². The van der Waals surface area contributed by atoms with Crippen molar-refractivity contribution in [3.05, 3.63) is 42.6 Å². The lowest BCUT2D eigenvalue weighted by atomic mass is 10.3. The van der Waals surface area contributed by atoms with Crippen molar-refractivity contribution in [2.45, 2.75) is 4.90 Å². The van der Waals surface area contributed by atoms with Crippen LogP contribution in [0, 0.1) is 0 Å². The molecule has 0 bridgehead atoms. The van der Waals surface area contributed by atoms with Crippen molar-refractivity contribution in [3.8, 4) is 5.75 Å². The van der Waals surface area contributed by atoms with Gasteiger partial charge in [0.05, 0.1) is 17.7 Å². The van der Waals surface area contributed by atoms with E-state index in [1.807, 2.05) is 0 Å². The fourth-order valence-electron chi connectivity index (χ4n) is 1.56. The Labute approximate surface area is 116 Å². The molecule has 106 valence electrons. The van der Waals surface area contributed by atoms with E-state index in [-0.39, 0.29) is 10.7 Å². The third-order valence-electron chi connectivity index (χ3n) is 2.51. The van der Waals surface area contributed by atoms with Crippen molar-refractivity contribution in [2.24, 2.45) is 5.84 Å². The summed E-state index contributed by atoms with van der Waals surface area (Å²) < 4.78 is 31.9. The molecule has 1 aromatic carbocycles. The topological polar surface area (TPSA) is 106 Å². The second-order valence-electron chi connectivity index (χ2n) is 3.86. The smallest absolute Gasteiger partial charge is 0.262 e. The molecule has 0 saturated carbocycles. The molecule has 1 aromatic heterocycles. The Hall–Kier alpha value is -2.32. The number of aromatic nitrogens is 1. The van der Waals surface area contributed by atoms with Gasteiger partial charge in [-0.3, -0.25) is 4.72 Å². The van der Waals surface area contributed by atoms with Gasteiger partial charge in [-0.15, -0.1) is 0 Å². The maximum absolute atomic E-state index is 12.2. The Morgan fingerprint density at radius 1 is 1.25 bits per heavy atom. The first kappa shape index (κ1) is 14.1. The summed E-state index contributed by atoms with van der Waals surface area (Å²) in [6, 6.07) is 9.34. The second kappa shape index (κ2) is 5.76. The van der Waals surface area contributed by atoms with E-state index < -0.39 is 10.0 Å². The highest BCUT2D eigenvalue weighted by Crippen LogP contribution is 2.21. The van der Waals surface area contributed by atoms with E-state index in [9.17, 15) is 8.42 Å². The number of nitrogens with one attached hydrogen (secondary N) is 2. The van der Waals surface area contributed by atoms with Crippen LogP contribution in [0.15, 0.2) is 47.5 Å². The van der Waals surface area contributed by atoms with E-state index in [0.29, 0.717) is 11.4 Å². The van der Waals surface area contributed by atoms with Gasteiger partial charge in [-0.05, 0) is 18.2 Å². The van der Waals surface area contributed by atoms with Gasteiger partial charge in [0.1, 0.15) is 11.6 Å². The van der Waals surface area contributed by atoms with Crippen LogP contribution in [0.4, 0.5) is 11.5 Å². The average Bonchev–Trinajstić information content (AvgIpc) is 2.47. The van der Waals surface area contributed by atoms with Gasteiger partial charge in [0.15, 0.2) is 0 Å². The van der Waals surface area contributed by atoms with Crippen LogP contribution in [0.25, 0.3) is 0 Å². The summed E-state index contributed by atoms with van der Waals surface area (Å²) in [6.07, 6.45) is 1.36. The quantitative estimate of drug-likeness (QED) is 0.564. The van der Waals surface area contributed by atoms with E-state index in [4.69, 9.17) is 10.6 Å². The molecule has 0 aliphatic heterocycles. The predicted octanol–water partition coefficient (Wildman–Crippen LogP) is 1.18. The minimum absolute atomic E-state index is 0.0586. The van der Waals surface area contributed by atoms with Crippen LogP contribution in [0.1, 0.15) is 0 Å². The summed E-state index contributed by atoms with van der Waals surface area (Å²) in [7, 11) is -2.20. The van der Waals surface area contributed by atoms with Crippen molar-refractivity contribution in [3.63, 3.8) is 0 Å². The van der Waals surface area contributed by atoms with E-state index in [1.165, 1.54) is 25.4 Å². The Morgan fingerprint density at radius 3 is 2.75 bits per heavy atom. The molecule has 0 amide bonds. The Balaban J connectivity index is 2.30.